The lowest BCUT2D eigenvalue weighted by molar-refractivity contribution is 0.0893. The Balaban J connectivity index is 0. The van der Waals surface area contributed by atoms with Crippen LogP contribution in [0.2, 0.25) is 0 Å². The fourth-order valence-electron chi connectivity index (χ4n) is 2.14. The highest BCUT2D eigenvalue weighted by Gasteiger charge is 2.26. The number of carbonyl (C=O) groups excluding carboxylic acids is 1. The van der Waals surface area contributed by atoms with E-state index in [-0.39, 0.29) is 42.2 Å². The van der Waals surface area contributed by atoms with Gasteiger partial charge in [-0.25, -0.2) is 0 Å². The third kappa shape index (κ3) is 8.56. The van der Waals surface area contributed by atoms with Crippen LogP contribution in [0.4, 0.5) is 0 Å². The molecule has 1 amide bonds. The van der Waals surface area contributed by atoms with Crippen molar-refractivity contribution in [1.29, 1.82) is 0 Å². The summed E-state index contributed by atoms with van der Waals surface area (Å²) < 4.78 is 0. The fourth-order valence-corrected chi connectivity index (χ4v) is 2.14. The predicted octanol–water partition coefficient (Wildman–Crippen LogP) is 3.09. The van der Waals surface area contributed by atoms with Crippen LogP contribution in [0.25, 0.3) is 0 Å². The third-order valence-corrected chi connectivity index (χ3v) is 3.67. The summed E-state index contributed by atoms with van der Waals surface area (Å²) in [6.07, 6.45) is 0.934. The van der Waals surface area contributed by atoms with E-state index in [4.69, 9.17) is 5.73 Å². The largest absolute Gasteiger partial charge is 0.349 e. The van der Waals surface area contributed by atoms with Crippen molar-refractivity contribution in [2.75, 3.05) is 20.6 Å². The summed E-state index contributed by atoms with van der Waals surface area (Å²) in [6, 6.07) is 7.62. The predicted molar refractivity (Wildman–Crippen MR) is 103 cm³/mol. The van der Waals surface area contributed by atoms with Crippen LogP contribution in [-0.4, -0.2) is 37.5 Å². The number of benzene rings is 1. The quantitative estimate of drug-likeness (QED) is 0.816. The Bertz CT molecular complexity index is 456. The number of amides is 1. The molecule has 1 aromatic rings. The standard InChI is InChI=1S/C17H29N3O.2ClH/c1-17(2,3)15(10-11-20(4)5)19-16(21)14-8-6-13(12-18)7-9-14;;/h6-9,15H,10-12,18H2,1-5H3,(H,19,21);2*1H. The van der Waals surface area contributed by atoms with E-state index in [1.165, 1.54) is 0 Å². The van der Waals surface area contributed by atoms with E-state index < -0.39 is 0 Å². The Morgan fingerprint density at radius 2 is 1.70 bits per heavy atom. The van der Waals surface area contributed by atoms with E-state index in [9.17, 15) is 4.79 Å². The second kappa shape index (κ2) is 10.9. The summed E-state index contributed by atoms with van der Waals surface area (Å²) in [5, 5.41) is 3.17. The number of nitrogens with two attached hydrogens (primary N) is 1. The molecule has 0 saturated heterocycles. The van der Waals surface area contributed by atoms with E-state index in [0.29, 0.717) is 12.1 Å². The molecule has 0 radical (unpaired) electrons. The van der Waals surface area contributed by atoms with Gasteiger partial charge in [0, 0.05) is 18.2 Å². The Hall–Kier alpha value is -0.810. The Morgan fingerprint density at radius 1 is 1.17 bits per heavy atom. The minimum Gasteiger partial charge on any atom is -0.349 e. The van der Waals surface area contributed by atoms with E-state index in [0.717, 1.165) is 18.5 Å². The molecule has 6 heteroatoms. The smallest absolute Gasteiger partial charge is 0.251 e. The van der Waals surface area contributed by atoms with Gasteiger partial charge in [0.1, 0.15) is 0 Å². The molecule has 23 heavy (non-hydrogen) atoms. The molecule has 1 unspecified atom stereocenters. The summed E-state index contributed by atoms with van der Waals surface area (Å²) in [6.45, 7) is 7.92. The molecule has 0 fully saturated rings. The van der Waals surface area contributed by atoms with Gasteiger partial charge < -0.3 is 16.0 Å². The monoisotopic (exact) mass is 363 g/mol. The van der Waals surface area contributed by atoms with Gasteiger partial charge >= 0.3 is 0 Å². The summed E-state index contributed by atoms with van der Waals surface area (Å²) in [5.41, 5.74) is 7.33. The van der Waals surface area contributed by atoms with Crippen molar-refractivity contribution in [2.45, 2.75) is 39.8 Å². The maximum Gasteiger partial charge on any atom is 0.251 e. The van der Waals surface area contributed by atoms with Crippen molar-refractivity contribution in [3.63, 3.8) is 0 Å². The first kappa shape index (κ1) is 24.4. The first-order valence-electron chi connectivity index (χ1n) is 7.48. The van der Waals surface area contributed by atoms with E-state index in [2.05, 4.69) is 31.0 Å². The lowest BCUT2D eigenvalue weighted by Gasteiger charge is -2.32. The second-order valence-electron chi connectivity index (χ2n) is 6.89. The number of nitrogens with one attached hydrogen (secondary N) is 1. The van der Waals surface area contributed by atoms with Crippen LogP contribution < -0.4 is 11.1 Å². The van der Waals surface area contributed by atoms with E-state index in [1.807, 2.05) is 38.4 Å². The highest BCUT2D eigenvalue weighted by atomic mass is 35.5. The van der Waals surface area contributed by atoms with Gasteiger partial charge in [-0.15, -0.1) is 24.8 Å². The average Bonchev–Trinajstić information content (AvgIpc) is 2.41. The lowest BCUT2D eigenvalue weighted by atomic mass is 9.84. The molecule has 0 spiro atoms. The molecule has 0 aliphatic rings. The van der Waals surface area contributed by atoms with Crippen LogP contribution in [0, 0.1) is 5.41 Å². The summed E-state index contributed by atoms with van der Waals surface area (Å²) in [7, 11) is 4.10. The average molecular weight is 364 g/mol. The van der Waals surface area contributed by atoms with Gasteiger partial charge in [-0.05, 0) is 50.2 Å². The molecule has 134 valence electrons. The Morgan fingerprint density at radius 3 is 2.09 bits per heavy atom. The number of hydrogen-bond acceptors (Lipinski definition) is 3. The molecule has 3 N–H and O–H groups in total. The van der Waals surface area contributed by atoms with Gasteiger partial charge in [0.05, 0.1) is 0 Å². The molecule has 0 aliphatic heterocycles. The molecular weight excluding hydrogens is 333 g/mol. The molecule has 0 aromatic heterocycles. The third-order valence-electron chi connectivity index (χ3n) is 3.67. The molecule has 1 aromatic carbocycles. The van der Waals surface area contributed by atoms with E-state index >= 15 is 0 Å². The van der Waals surface area contributed by atoms with Crippen LogP contribution >= 0.6 is 24.8 Å². The fraction of sp³-hybridized carbons (Fsp3) is 0.588. The summed E-state index contributed by atoms with van der Waals surface area (Å²) in [4.78, 5) is 14.5. The number of hydrogen-bond donors (Lipinski definition) is 2. The zero-order chi connectivity index (χ0) is 16.0. The topological polar surface area (TPSA) is 58.4 Å². The molecule has 4 nitrogen and oxygen atoms in total. The first-order valence-corrected chi connectivity index (χ1v) is 7.48. The van der Waals surface area contributed by atoms with Crippen molar-refractivity contribution in [3.8, 4) is 0 Å². The molecule has 1 atom stereocenters. The molecular formula is C17H31Cl2N3O. The van der Waals surface area contributed by atoms with Gasteiger partial charge in [-0.2, -0.15) is 0 Å². The van der Waals surface area contributed by atoms with Gasteiger partial charge in [0.2, 0.25) is 0 Å². The number of carbonyl (C=O) groups is 1. The van der Waals surface area contributed by atoms with Crippen LogP contribution in [-0.2, 0) is 6.54 Å². The second-order valence-corrected chi connectivity index (χ2v) is 6.89. The van der Waals surface area contributed by atoms with Crippen LogP contribution in [0.5, 0.6) is 0 Å². The summed E-state index contributed by atoms with van der Waals surface area (Å²) in [5.74, 6) is -0.0164. The van der Waals surface area contributed by atoms with Gasteiger partial charge in [-0.3, -0.25) is 4.79 Å². The van der Waals surface area contributed by atoms with Crippen LogP contribution in [0.15, 0.2) is 24.3 Å². The van der Waals surface area contributed by atoms with Gasteiger partial charge in [0.15, 0.2) is 0 Å². The van der Waals surface area contributed by atoms with Crippen LogP contribution in [0.3, 0.4) is 0 Å². The van der Waals surface area contributed by atoms with Gasteiger partial charge in [0.25, 0.3) is 5.91 Å². The zero-order valence-electron chi connectivity index (χ0n) is 14.8. The van der Waals surface area contributed by atoms with Crippen molar-refractivity contribution in [2.24, 2.45) is 11.1 Å². The van der Waals surface area contributed by atoms with Crippen molar-refractivity contribution < 1.29 is 4.79 Å². The van der Waals surface area contributed by atoms with Crippen molar-refractivity contribution in [3.05, 3.63) is 35.4 Å². The highest BCUT2D eigenvalue weighted by Crippen LogP contribution is 2.22. The van der Waals surface area contributed by atoms with Gasteiger partial charge in [-0.1, -0.05) is 32.9 Å². The lowest BCUT2D eigenvalue weighted by Crippen LogP contribution is -2.45. The number of nitrogens with zero attached hydrogens (tertiary/aromatic N) is 1. The van der Waals surface area contributed by atoms with E-state index in [1.54, 1.807) is 0 Å². The van der Waals surface area contributed by atoms with Crippen molar-refractivity contribution in [1.82, 2.24) is 10.2 Å². The number of halogens is 2. The summed E-state index contributed by atoms with van der Waals surface area (Å²) >= 11 is 0. The maximum absolute atomic E-state index is 12.4. The molecule has 0 heterocycles. The first-order chi connectivity index (χ1) is 9.74. The molecule has 0 aliphatic carbocycles. The molecule has 0 saturated carbocycles. The highest BCUT2D eigenvalue weighted by molar-refractivity contribution is 5.94. The zero-order valence-corrected chi connectivity index (χ0v) is 16.4. The minimum atomic E-state index is -0.0164. The SMILES string of the molecule is CN(C)CCC(NC(=O)c1ccc(CN)cc1)C(C)(C)C.Cl.Cl. The normalized spacial score (nSPS) is 12.1. The van der Waals surface area contributed by atoms with Crippen LogP contribution in [0.1, 0.15) is 43.1 Å². The number of rotatable bonds is 6. The molecule has 0 bridgehead atoms. The Labute approximate surface area is 153 Å². The minimum absolute atomic E-state index is 0. The maximum atomic E-state index is 12.4. The Kier molecular flexibility index (Phi) is 11.6. The van der Waals surface area contributed by atoms with Crippen molar-refractivity contribution >= 4 is 30.7 Å². The molecule has 1 rings (SSSR count).